The molecule has 3 aromatic rings. The van der Waals surface area contributed by atoms with Gasteiger partial charge in [-0.15, -0.1) is 0 Å². The van der Waals surface area contributed by atoms with E-state index in [1.807, 2.05) is 0 Å². The third-order valence-electron chi connectivity index (χ3n) is 3.98. The van der Waals surface area contributed by atoms with Crippen LogP contribution in [0.15, 0.2) is 53.1 Å². The summed E-state index contributed by atoms with van der Waals surface area (Å²) in [5, 5.41) is 9.70. The van der Waals surface area contributed by atoms with Gasteiger partial charge in [-0.25, -0.2) is 13.1 Å². The Hall–Kier alpha value is -3.24. The summed E-state index contributed by atoms with van der Waals surface area (Å²) in [5.41, 5.74) is 1.84. The number of hydrogen-bond acceptors (Lipinski definition) is 6. The maximum atomic E-state index is 12.2. The molecule has 10 heteroatoms. The summed E-state index contributed by atoms with van der Waals surface area (Å²) in [4.78, 5) is 23.1. The SMILES string of the molecule is CC(=O)Nc1ccc(C(=O)NCCNS(=O)(=O)Cc2noc3ccccc23)cc1. The van der Waals surface area contributed by atoms with Crippen molar-refractivity contribution in [3.8, 4) is 0 Å². The number of sulfonamides is 1. The molecule has 0 fully saturated rings. The lowest BCUT2D eigenvalue weighted by atomic mass is 10.2. The Morgan fingerprint density at radius 3 is 2.48 bits per heavy atom. The second-order valence-electron chi connectivity index (χ2n) is 6.29. The van der Waals surface area contributed by atoms with Gasteiger partial charge in [-0.1, -0.05) is 17.3 Å². The van der Waals surface area contributed by atoms with Gasteiger partial charge in [-0.05, 0) is 36.4 Å². The van der Waals surface area contributed by atoms with Gasteiger partial charge in [0.25, 0.3) is 5.91 Å². The quantitative estimate of drug-likeness (QED) is 0.479. The highest BCUT2D eigenvalue weighted by Crippen LogP contribution is 2.19. The van der Waals surface area contributed by atoms with E-state index in [9.17, 15) is 18.0 Å². The number of amides is 2. The molecule has 0 saturated carbocycles. The summed E-state index contributed by atoms with van der Waals surface area (Å²) in [5.74, 6) is -0.864. The second kappa shape index (κ2) is 8.84. The molecule has 2 amide bonds. The number of benzene rings is 2. The van der Waals surface area contributed by atoms with E-state index in [1.54, 1.807) is 48.5 Å². The molecule has 0 unspecified atom stereocenters. The van der Waals surface area contributed by atoms with Crippen molar-refractivity contribution in [3.63, 3.8) is 0 Å². The Kier molecular flexibility index (Phi) is 6.25. The molecule has 0 radical (unpaired) electrons. The van der Waals surface area contributed by atoms with E-state index in [2.05, 4.69) is 20.5 Å². The molecule has 9 nitrogen and oxygen atoms in total. The van der Waals surface area contributed by atoms with Crippen molar-refractivity contribution in [1.29, 1.82) is 0 Å². The second-order valence-corrected chi connectivity index (χ2v) is 8.10. The van der Waals surface area contributed by atoms with E-state index in [0.29, 0.717) is 27.9 Å². The fraction of sp³-hybridized carbons (Fsp3) is 0.211. The van der Waals surface area contributed by atoms with E-state index < -0.39 is 10.0 Å². The summed E-state index contributed by atoms with van der Waals surface area (Å²) in [6.45, 7) is 1.55. The zero-order valence-electron chi connectivity index (χ0n) is 15.6. The monoisotopic (exact) mass is 416 g/mol. The van der Waals surface area contributed by atoms with Gasteiger partial charge < -0.3 is 15.2 Å². The van der Waals surface area contributed by atoms with Crippen LogP contribution < -0.4 is 15.4 Å². The summed E-state index contributed by atoms with van der Waals surface area (Å²) in [7, 11) is -3.64. The summed E-state index contributed by atoms with van der Waals surface area (Å²) >= 11 is 0. The largest absolute Gasteiger partial charge is 0.356 e. The number of nitrogens with zero attached hydrogens (tertiary/aromatic N) is 1. The van der Waals surface area contributed by atoms with E-state index in [-0.39, 0.29) is 30.7 Å². The van der Waals surface area contributed by atoms with E-state index in [0.717, 1.165) is 0 Å². The van der Waals surface area contributed by atoms with Crippen molar-refractivity contribution in [1.82, 2.24) is 15.2 Å². The molecule has 152 valence electrons. The number of hydrogen-bond donors (Lipinski definition) is 3. The zero-order valence-corrected chi connectivity index (χ0v) is 16.5. The topological polar surface area (TPSA) is 130 Å². The molecule has 0 spiro atoms. The Morgan fingerprint density at radius 1 is 1.03 bits per heavy atom. The molecule has 2 aromatic carbocycles. The van der Waals surface area contributed by atoms with Crippen molar-refractivity contribution < 1.29 is 22.5 Å². The molecule has 29 heavy (non-hydrogen) atoms. The van der Waals surface area contributed by atoms with Crippen LogP contribution in [0.4, 0.5) is 5.69 Å². The Morgan fingerprint density at radius 2 is 1.76 bits per heavy atom. The number of carbonyl (C=O) groups excluding carboxylic acids is 2. The van der Waals surface area contributed by atoms with Crippen molar-refractivity contribution in [2.24, 2.45) is 0 Å². The van der Waals surface area contributed by atoms with Crippen LogP contribution in [0.2, 0.25) is 0 Å². The van der Waals surface area contributed by atoms with Crippen molar-refractivity contribution in [3.05, 3.63) is 59.8 Å². The lowest BCUT2D eigenvalue weighted by Gasteiger charge is -2.08. The molecule has 0 aliphatic heterocycles. The smallest absolute Gasteiger partial charge is 0.251 e. The van der Waals surface area contributed by atoms with Crippen LogP contribution in [0.3, 0.4) is 0 Å². The first-order valence-electron chi connectivity index (χ1n) is 8.80. The Balaban J connectivity index is 1.47. The highest BCUT2D eigenvalue weighted by molar-refractivity contribution is 7.88. The minimum atomic E-state index is -3.64. The summed E-state index contributed by atoms with van der Waals surface area (Å²) in [6, 6.07) is 13.4. The number of rotatable bonds is 8. The average Bonchev–Trinajstić information content (AvgIpc) is 3.07. The van der Waals surface area contributed by atoms with Crippen LogP contribution in [0.5, 0.6) is 0 Å². The van der Waals surface area contributed by atoms with Crippen molar-refractivity contribution >= 4 is 38.5 Å². The van der Waals surface area contributed by atoms with Crippen LogP contribution in [0.1, 0.15) is 23.0 Å². The summed E-state index contributed by atoms with van der Waals surface area (Å²) < 4.78 is 32.0. The molecular weight excluding hydrogens is 396 g/mol. The van der Waals surface area contributed by atoms with Crippen LogP contribution in [-0.4, -0.2) is 38.5 Å². The zero-order chi connectivity index (χ0) is 20.9. The first-order valence-corrected chi connectivity index (χ1v) is 10.5. The van der Waals surface area contributed by atoms with Crippen LogP contribution in [0, 0.1) is 0 Å². The standard InChI is InChI=1S/C19H20N4O5S/c1-13(24)22-15-8-6-14(7-9-15)19(25)20-10-11-21-29(26,27)12-17-16-4-2-3-5-18(16)28-23-17/h2-9,21H,10-12H2,1H3,(H,20,25)(H,22,24). The van der Waals surface area contributed by atoms with Gasteiger partial charge in [0, 0.05) is 36.7 Å². The van der Waals surface area contributed by atoms with Gasteiger partial charge in [-0.2, -0.15) is 0 Å². The number of para-hydroxylation sites is 1. The number of carbonyl (C=O) groups is 2. The summed E-state index contributed by atoms with van der Waals surface area (Å²) in [6.07, 6.45) is 0. The molecule has 1 aromatic heterocycles. The minimum Gasteiger partial charge on any atom is -0.356 e. The lowest BCUT2D eigenvalue weighted by Crippen LogP contribution is -2.35. The van der Waals surface area contributed by atoms with Crippen LogP contribution in [-0.2, 0) is 20.6 Å². The average molecular weight is 416 g/mol. The third-order valence-corrected chi connectivity index (χ3v) is 5.28. The fourth-order valence-corrected chi connectivity index (χ4v) is 3.75. The molecule has 1 heterocycles. The van der Waals surface area contributed by atoms with Crippen molar-refractivity contribution in [2.45, 2.75) is 12.7 Å². The fourth-order valence-electron chi connectivity index (χ4n) is 2.67. The van der Waals surface area contributed by atoms with Gasteiger partial charge in [0.1, 0.15) is 11.4 Å². The maximum absolute atomic E-state index is 12.2. The Labute approximate surface area is 167 Å². The molecule has 0 aliphatic carbocycles. The Bertz CT molecular complexity index is 1120. The van der Waals surface area contributed by atoms with E-state index in [4.69, 9.17) is 4.52 Å². The highest BCUT2D eigenvalue weighted by atomic mass is 32.2. The normalized spacial score (nSPS) is 11.3. The predicted molar refractivity (Wildman–Crippen MR) is 108 cm³/mol. The maximum Gasteiger partial charge on any atom is 0.251 e. The van der Waals surface area contributed by atoms with Crippen LogP contribution >= 0.6 is 0 Å². The van der Waals surface area contributed by atoms with Gasteiger partial charge in [0.05, 0.1) is 0 Å². The van der Waals surface area contributed by atoms with Gasteiger partial charge in [0.15, 0.2) is 5.58 Å². The van der Waals surface area contributed by atoms with Crippen molar-refractivity contribution in [2.75, 3.05) is 18.4 Å². The van der Waals surface area contributed by atoms with Crippen LogP contribution in [0.25, 0.3) is 11.0 Å². The van der Waals surface area contributed by atoms with Gasteiger partial charge in [0.2, 0.25) is 15.9 Å². The molecule has 3 N–H and O–H groups in total. The third kappa shape index (κ3) is 5.62. The first-order chi connectivity index (χ1) is 13.8. The first kappa shape index (κ1) is 20.5. The van der Waals surface area contributed by atoms with Gasteiger partial charge >= 0.3 is 0 Å². The molecule has 0 bridgehead atoms. The lowest BCUT2D eigenvalue weighted by molar-refractivity contribution is -0.114. The molecule has 3 rings (SSSR count). The number of nitrogens with one attached hydrogen (secondary N) is 3. The minimum absolute atomic E-state index is 0.0355. The number of fused-ring (bicyclic) bond motifs is 1. The van der Waals surface area contributed by atoms with Gasteiger partial charge in [-0.3, -0.25) is 9.59 Å². The number of anilines is 1. The van der Waals surface area contributed by atoms with E-state index in [1.165, 1.54) is 6.92 Å². The molecule has 0 aliphatic rings. The number of aromatic nitrogens is 1. The molecule has 0 saturated heterocycles. The highest BCUT2D eigenvalue weighted by Gasteiger charge is 2.17. The molecular formula is C19H20N4O5S. The predicted octanol–water partition coefficient (Wildman–Crippen LogP) is 1.64. The molecule has 0 atom stereocenters. The van der Waals surface area contributed by atoms with E-state index >= 15 is 0 Å².